The van der Waals surface area contributed by atoms with Crippen molar-refractivity contribution in [1.82, 2.24) is 4.98 Å². The standard InChI is InChI=1S/C10H10Cl2F2N2O2.ClH/c1-2-18-9(17)10(13,14)7(15)5-3-4-6(11)16-8(5)12;/h3-4,7H,2,15H2,1H3;1H/t7-;/m0./s1. The maximum absolute atomic E-state index is 13.6. The fraction of sp³-hybridized carbons (Fsp3) is 0.400. The van der Waals surface area contributed by atoms with Gasteiger partial charge in [-0.05, 0) is 13.0 Å². The molecule has 19 heavy (non-hydrogen) atoms. The number of carbonyl (C=O) groups is 1. The first-order chi connectivity index (χ1) is 8.30. The molecule has 0 saturated carbocycles. The summed E-state index contributed by atoms with van der Waals surface area (Å²) in [6.45, 7) is 1.24. The van der Waals surface area contributed by atoms with Crippen molar-refractivity contribution in [2.45, 2.75) is 18.9 Å². The molecule has 1 aromatic rings. The number of halogens is 5. The predicted octanol–water partition coefficient (Wildman–Crippen LogP) is 3.01. The summed E-state index contributed by atoms with van der Waals surface area (Å²) in [7, 11) is 0. The number of ether oxygens (including phenoxy) is 1. The fourth-order valence-electron chi connectivity index (χ4n) is 1.20. The third-order valence-electron chi connectivity index (χ3n) is 2.12. The van der Waals surface area contributed by atoms with E-state index in [4.69, 9.17) is 28.9 Å². The van der Waals surface area contributed by atoms with Gasteiger partial charge in [0.15, 0.2) is 0 Å². The van der Waals surface area contributed by atoms with Crippen molar-refractivity contribution in [1.29, 1.82) is 0 Å². The fourth-order valence-corrected chi connectivity index (χ4v) is 1.67. The smallest absolute Gasteiger partial charge is 0.379 e. The molecule has 1 heterocycles. The lowest BCUT2D eigenvalue weighted by atomic mass is 10.0. The number of hydrogen-bond donors (Lipinski definition) is 1. The van der Waals surface area contributed by atoms with Gasteiger partial charge in [-0.2, -0.15) is 8.78 Å². The van der Waals surface area contributed by atoms with E-state index in [1.54, 1.807) is 0 Å². The average Bonchev–Trinajstić information content (AvgIpc) is 2.28. The van der Waals surface area contributed by atoms with Gasteiger partial charge < -0.3 is 10.5 Å². The van der Waals surface area contributed by atoms with Crippen LogP contribution in [0.15, 0.2) is 12.1 Å². The number of carbonyl (C=O) groups excluding carboxylic acids is 1. The summed E-state index contributed by atoms with van der Waals surface area (Å²) < 4.78 is 31.5. The Morgan fingerprint density at radius 3 is 2.58 bits per heavy atom. The first-order valence-electron chi connectivity index (χ1n) is 4.93. The third-order valence-corrected chi connectivity index (χ3v) is 2.63. The molecule has 0 saturated heterocycles. The van der Waals surface area contributed by atoms with Crippen molar-refractivity contribution in [3.05, 3.63) is 28.0 Å². The van der Waals surface area contributed by atoms with Gasteiger partial charge in [0.05, 0.1) is 6.61 Å². The van der Waals surface area contributed by atoms with Crippen LogP contribution in [0, 0.1) is 0 Å². The zero-order valence-corrected chi connectivity index (χ0v) is 12.0. The lowest BCUT2D eigenvalue weighted by molar-refractivity contribution is -0.174. The first-order valence-corrected chi connectivity index (χ1v) is 5.68. The highest BCUT2D eigenvalue weighted by molar-refractivity contribution is 6.32. The van der Waals surface area contributed by atoms with Crippen LogP contribution in [0.1, 0.15) is 18.5 Å². The zero-order valence-electron chi connectivity index (χ0n) is 9.70. The zero-order chi connectivity index (χ0) is 13.9. The van der Waals surface area contributed by atoms with Gasteiger partial charge >= 0.3 is 11.9 Å². The van der Waals surface area contributed by atoms with Crippen molar-refractivity contribution in [3.8, 4) is 0 Å². The molecule has 0 aliphatic heterocycles. The highest BCUT2D eigenvalue weighted by atomic mass is 35.5. The molecule has 2 N–H and O–H groups in total. The lowest BCUT2D eigenvalue weighted by Crippen LogP contribution is -2.42. The maximum Gasteiger partial charge on any atom is 0.379 e. The second kappa shape index (κ2) is 7.19. The van der Waals surface area contributed by atoms with Gasteiger partial charge in [0, 0.05) is 5.56 Å². The van der Waals surface area contributed by atoms with E-state index < -0.39 is 17.9 Å². The molecular formula is C10H11Cl3F2N2O2. The van der Waals surface area contributed by atoms with Gasteiger partial charge in [-0.3, -0.25) is 0 Å². The molecule has 1 aromatic heterocycles. The Labute approximate surface area is 124 Å². The van der Waals surface area contributed by atoms with Crippen LogP contribution < -0.4 is 5.73 Å². The second-order valence-corrected chi connectivity index (χ2v) is 4.08. The van der Waals surface area contributed by atoms with E-state index in [1.807, 2.05) is 0 Å². The van der Waals surface area contributed by atoms with E-state index in [9.17, 15) is 13.6 Å². The summed E-state index contributed by atoms with van der Waals surface area (Å²) in [5.74, 6) is -5.60. The molecule has 1 atom stereocenters. The molecular weight excluding hydrogens is 324 g/mol. The van der Waals surface area contributed by atoms with Gasteiger partial charge in [0.2, 0.25) is 0 Å². The van der Waals surface area contributed by atoms with Crippen LogP contribution in [0.4, 0.5) is 8.78 Å². The summed E-state index contributed by atoms with van der Waals surface area (Å²) in [4.78, 5) is 14.7. The van der Waals surface area contributed by atoms with Crippen LogP contribution in [0.3, 0.4) is 0 Å². The molecule has 0 amide bonds. The molecule has 0 fully saturated rings. The Morgan fingerprint density at radius 1 is 1.53 bits per heavy atom. The van der Waals surface area contributed by atoms with Crippen LogP contribution in [0.25, 0.3) is 0 Å². The highest BCUT2D eigenvalue weighted by Crippen LogP contribution is 2.34. The largest absolute Gasteiger partial charge is 0.462 e. The van der Waals surface area contributed by atoms with E-state index in [1.165, 1.54) is 19.1 Å². The Hall–Kier alpha value is -0.690. The molecule has 108 valence electrons. The second-order valence-electron chi connectivity index (χ2n) is 3.34. The maximum atomic E-state index is 13.6. The summed E-state index contributed by atoms with van der Waals surface area (Å²) in [5.41, 5.74) is 5.16. The molecule has 0 aromatic carbocycles. The van der Waals surface area contributed by atoms with Crippen LogP contribution in [0.2, 0.25) is 10.3 Å². The minimum Gasteiger partial charge on any atom is -0.462 e. The topological polar surface area (TPSA) is 65.2 Å². The summed E-state index contributed by atoms with van der Waals surface area (Å²) in [6, 6.07) is 0.494. The molecule has 4 nitrogen and oxygen atoms in total. The number of hydrogen-bond acceptors (Lipinski definition) is 4. The summed E-state index contributed by atoms with van der Waals surface area (Å²) in [6.07, 6.45) is 0. The Bertz CT molecular complexity index is 460. The van der Waals surface area contributed by atoms with Crippen LogP contribution in [-0.2, 0) is 9.53 Å². The summed E-state index contributed by atoms with van der Waals surface area (Å²) >= 11 is 11.2. The number of alkyl halides is 2. The van der Waals surface area contributed by atoms with E-state index in [0.29, 0.717) is 0 Å². The molecule has 0 spiro atoms. The first kappa shape index (κ1) is 18.3. The predicted molar refractivity (Wildman–Crippen MR) is 70.0 cm³/mol. The van der Waals surface area contributed by atoms with Gasteiger partial charge in [-0.1, -0.05) is 29.3 Å². The van der Waals surface area contributed by atoms with Crippen molar-refractivity contribution in [2.24, 2.45) is 5.73 Å². The van der Waals surface area contributed by atoms with Crippen molar-refractivity contribution < 1.29 is 18.3 Å². The molecule has 9 heteroatoms. The number of nitrogens with two attached hydrogens (primary N) is 1. The van der Waals surface area contributed by atoms with Crippen LogP contribution >= 0.6 is 35.6 Å². The molecule has 0 bridgehead atoms. The van der Waals surface area contributed by atoms with E-state index in [2.05, 4.69) is 9.72 Å². The highest BCUT2D eigenvalue weighted by Gasteiger charge is 2.48. The van der Waals surface area contributed by atoms with Crippen LogP contribution in [-0.4, -0.2) is 23.5 Å². The average molecular weight is 336 g/mol. The van der Waals surface area contributed by atoms with Crippen molar-refractivity contribution in [2.75, 3.05) is 6.61 Å². The van der Waals surface area contributed by atoms with E-state index in [-0.39, 0.29) is 34.9 Å². The van der Waals surface area contributed by atoms with Gasteiger partial charge in [-0.15, -0.1) is 12.4 Å². The van der Waals surface area contributed by atoms with Crippen molar-refractivity contribution in [3.63, 3.8) is 0 Å². The number of nitrogens with zero attached hydrogens (tertiary/aromatic N) is 1. The number of pyridine rings is 1. The third kappa shape index (κ3) is 4.14. The Kier molecular flexibility index (Phi) is 6.93. The SMILES string of the molecule is CCOC(=O)C(F)(F)[C@@H](N)c1ccc(Cl)nc1Cl.Cl. The molecule has 0 aliphatic carbocycles. The minimum atomic E-state index is -3.89. The van der Waals surface area contributed by atoms with Gasteiger partial charge in [-0.25, -0.2) is 9.78 Å². The number of esters is 1. The quantitative estimate of drug-likeness (QED) is 0.678. The lowest BCUT2D eigenvalue weighted by Gasteiger charge is -2.22. The monoisotopic (exact) mass is 334 g/mol. The van der Waals surface area contributed by atoms with E-state index in [0.717, 1.165) is 0 Å². The number of aromatic nitrogens is 1. The van der Waals surface area contributed by atoms with E-state index >= 15 is 0 Å². The molecule has 0 radical (unpaired) electrons. The normalized spacial score (nSPS) is 12.5. The molecule has 0 aliphatic rings. The molecule has 1 rings (SSSR count). The molecule has 0 unspecified atom stereocenters. The van der Waals surface area contributed by atoms with Gasteiger partial charge in [0.1, 0.15) is 16.3 Å². The van der Waals surface area contributed by atoms with Crippen molar-refractivity contribution >= 4 is 41.6 Å². The van der Waals surface area contributed by atoms with Gasteiger partial charge in [0.25, 0.3) is 0 Å². The summed E-state index contributed by atoms with van der Waals surface area (Å²) in [5, 5.41) is -0.241. The minimum absolute atomic E-state index is 0. The number of rotatable bonds is 4. The Morgan fingerprint density at radius 2 is 2.11 bits per heavy atom. The Balaban J connectivity index is 0.00000324. The van der Waals surface area contributed by atoms with Crippen LogP contribution in [0.5, 0.6) is 0 Å².